The largest absolute Gasteiger partial charge is 0.492 e. The van der Waals surface area contributed by atoms with Gasteiger partial charge in [0, 0.05) is 0 Å². The van der Waals surface area contributed by atoms with Gasteiger partial charge in [0.1, 0.15) is 12.2 Å². The maximum absolute atomic E-state index is 15.7. The summed E-state index contributed by atoms with van der Waals surface area (Å²) in [6, 6.07) is 0. The molecule has 2 aliphatic rings. The van der Waals surface area contributed by atoms with Gasteiger partial charge in [0.15, 0.2) is 23.1 Å². The maximum Gasteiger partial charge on any atom is 0.475 e. The second-order valence-corrected chi connectivity index (χ2v) is 8.40. The van der Waals surface area contributed by atoms with Crippen molar-refractivity contribution in [2.75, 3.05) is 12.3 Å². The van der Waals surface area contributed by atoms with Crippen molar-refractivity contribution in [2.45, 2.75) is 51.0 Å². The van der Waals surface area contributed by atoms with E-state index in [2.05, 4.69) is 15.0 Å². The van der Waals surface area contributed by atoms with Gasteiger partial charge >= 0.3 is 7.82 Å². The molecule has 2 saturated heterocycles. The number of phosphoric acid groups is 1. The van der Waals surface area contributed by atoms with E-state index in [1.165, 1.54) is 17.8 Å². The number of nitrogens with two attached hydrogens (primary N) is 1. The molecule has 2 aliphatic heterocycles. The molecule has 2 fully saturated rings. The number of nitrogen functional groups attached to an aromatic ring is 1. The van der Waals surface area contributed by atoms with Crippen molar-refractivity contribution in [3.63, 3.8) is 0 Å². The number of halogens is 1. The predicted octanol–water partition coefficient (Wildman–Crippen LogP) is 1.69. The number of fused-ring (bicyclic) bond motifs is 2. The molecule has 0 bridgehead atoms. The maximum atomic E-state index is 15.7. The number of anilines is 1. The fourth-order valence-corrected chi connectivity index (χ4v) is 4.88. The van der Waals surface area contributed by atoms with Gasteiger partial charge in [-0.3, -0.25) is 18.1 Å². The lowest BCUT2D eigenvalue weighted by molar-refractivity contribution is -0.0733. The number of alkyl halides is 1. The van der Waals surface area contributed by atoms with Crippen molar-refractivity contribution in [1.82, 2.24) is 19.5 Å². The van der Waals surface area contributed by atoms with E-state index < -0.39 is 43.9 Å². The molecule has 2 aromatic rings. The van der Waals surface area contributed by atoms with Crippen molar-refractivity contribution in [3.05, 3.63) is 6.33 Å². The van der Waals surface area contributed by atoms with Crippen LogP contribution in [0, 0.1) is 0 Å². The first kappa shape index (κ1) is 18.5. The second kappa shape index (κ2) is 6.08. The van der Waals surface area contributed by atoms with Gasteiger partial charge in [0.05, 0.1) is 19.0 Å². The average molecular weight is 403 g/mol. The molecule has 3 N–H and O–H groups in total. The van der Waals surface area contributed by atoms with Crippen LogP contribution in [-0.2, 0) is 22.9 Å². The summed E-state index contributed by atoms with van der Waals surface area (Å²) in [6.45, 7) is 4.41. The van der Waals surface area contributed by atoms with Gasteiger partial charge in [-0.05, 0) is 20.8 Å². The summed E-state index contributed by atoms with van der Waals surface area (Å²) < 4.78 is 51.1. The summed E-state index contributed by atoms with van der Waals surface area (Å²) in [5.74, 6) is -0.631. The Morgan fingerprint density at radius 3 is 2.96 bits per heavy atom. The smallest absolute Gasteiger partial charge is 0.475 e. The van der Waals surface area contributed by atoms with Crippen LogP contribution < -0.4 is 5.73 Å². The number of aromatic hydroxyl groups is 1. The molecule has 0 aliphatic carbocycles. The third-order valence-corrected chi connectivity index (χ3v) is 5.96. The van der Waals surface area contributed by atoms with Gasteiger partial charge in [-0.15, -0.1) is 0 Å². The molecule has 4 rings (SSSR count). The molecule has 0 saturated carbocycles. The van der Waals surface area contributed by atoms with Crippen LogP contribution in [0.15, 0.2) is 6.33 Å². The van der Waals surface area contributed by atoms with Crippen LogP contribution in [0.3, 0.4) is 0 Å². The number of imidazole rings is 1. The molecule has 27 heavy (non-hydrogen) atoms. The van der Waals surface area contributed by atoms with Gasteiger partial charge in [-0.2, -0.15) is 9.97 Å². The van der Waals surface area contributed by atoms with E-state index in [4.69, 9.17) is 24.0 Å². The molecule has 13 heteroatoms. The number of nitrogens with zero attached hydrogens (tertiary/aromatic N) is 4. The predicted molar refractivity (Wildman–Crippen MR) is 89.5 cm³/mol. The Balaban J connectivity index is 1.70. The summed E-state index contributed by atoms with van der Waals surface area (Å²) in [5, 5.41) is 9.86. The first-order chi connectivity index (χ1) is 12.6. The van der Waals surface area contributed by atoms with E-state index >= 15 is 4.39 Å². The van der Waals surface area contributed by atoms with Crippen LogP contribution in [-0.4, -0.2) is 55.2 Å². The monoisotopic (exact) mass is 403 g/mol. The Morgan fingerprint density at radius 2 is 2.26 bits per heavy atom. The minimum absolute atomic E-state index is 0.0458. The molecule has 0 amide bonds. The highest BCUT2D eigenvalue weighted by Gasteiger charge is 2.61. The van der Waals surface area contributed by atoms with E-state index in [-0.39, 0.29) is 23.7 Å². The lowest BCUT2D eigenvalue weighted by atomic mass is 9.98. The standard InChI is InChI=1S/C14H19FN5O6P/c1-6(2)25-27(22)23-4-7-9(26-27)14(3,15)12(24-7)20-5-17-8-10(20)18-13(16)19-11(8)21/h5-7,9,12H,4H2,1-3H3,(H3,16,18,19,21)/t7-,9-,12-,14-,27-/m1/s1. The summed E-state index contributed by atoms with van der Waals surface area (Å²) in [6.07, 6.45) is -2.44. The molecule has 0 unspecified atom stereocenters. The number of rotatable bonds is 3. The molecular formula is C14H19FN5O6P. The first-order valence-corrected chi connectivity index (χ1v) is 9.71. The van der Waals surface area contributed by atoms with Gasteiger partial charge in [0.25, 0.3) is 0 Å². The van der Waals surface area contributed by atoms with E-state index in [9.17, 15) is 9.67 Å². The zero-order chi connectivity index (χ0) is 19.6. The van der Waals surface area contributed by atoms with Gasteiger partial charge < -0.3 is 15.6 Å². The molecular weight excluding hydrogens is 384 g/mol. The minimum atomic E-state index is -3.92. The third-order valence-electron chi connectivity index (χ3n) is 4.33. The van der Waals surface area contributed by atoms with Crippen molar-refractivity contribution < 1.29 is 32.4 Å². The minimum Gasteiger partial charge on any atom is -0.492 e. The van der Waals surface area contributed by atoms with E-state index in [1.807, 2.05) is 0 Å². The van der Waals surface area contributed by atoms with Crippen molar-refractivity contribution in [2.24, 2.45) is 0 Å². The van der Waals surface area contributed by atoms with Crippen LogP contribution in [0.5, 0.6) is 5.88 Å². The molecule has 4 heterocycles. The highest BCUT2D eigenvalue weighted by Crippen LogP contribution is 2.60. The molecule has 5 atom stereocenters. The summed E-state index contributed by atoms with van der Waals surface area (Å²) in [7, 11) is -3.92. The summed E-state index contributed by atoms with van der Waals surface area (Å²) >= 11 is 0. The number of ether oxygens (including phenoxy) is 1. The van der Waals surface area contributed by atoms with Crippen molar-refractivity contribution in [1.29, 1.82) is 0 Å². The molecule has 0 spiro atoms. The van der Waals surface area contributed by atoms with Crippen LogP contribution in [0.4, 0.5) is 10.3 Å². The Hall–Kier alpha value is -1.85. The Labute approximate surface area is 153 Å². The normalized spacial score (nSPS) is 36.4. The van der Waals surface area contributed by atoms with Crippen LogP contribution in [0.2, 0.25) is 0 Å². The lowest BCUT2D eigenvalue weighted by Gasteiger charge is -2.34. The Morgan fingerprint density at radius 1 is 1.52 bits per heavy atom. The highest BCUT2D eigenvalue weighted by molar-refractivity contribution is 7.48. The van der Waals surface area contributed by atoms with Gasteiger partial charge in [-0.25, -0.2) is 13.9 Å². The average Bonchev–Trinajstić information content (AvgIpc) is 3.05. The topological polar surface area (TPSA) is 144 Å². The molecule has 0 aromatic carbocycles. The second-order valence-electron chi connectivity index (χ2n) is 6.83. The van der Waals surface area contributed by atoms with Crippen molar-refractivity contribution in [3.8, 4) is 5.88 Å². The fourth-order valence-electron chi connectivity index (χ4n) is 3.25. The van der Waals surface area contributed by atoms with Crippen molar-refractivity contribution >= 4 is 24.9 Å². The summed E-state index contributed by atoms with van der Waals surface area (Å²) in [5.41, 5.74) is 3.57. The first-order valence-electron chi connectivity index (χ1n) is 8.25. The Kier molecular flexibility index (Phi) is 4.17. The highest BCUT2D eigenvalue weighted by atomic mass is 31.2. The molecule has 0 radical (unpaired) electrons. The molecule has 148 valence electrons. The lowest BCUT2D eigenvalue weighted by Crippen LogP contribution is -2.45. The quantitative estimate of drug-likeness (QED) is 0.726. The SMILES string of the molecule is CC(C)O[P@@]1(=O)OC[C@H]2O[C@@H](n3cnc4c(O)nc(N)nc43)[C@](C)(F)[C@@H]2O1. The zero-order valence-electron chi connectivity index (χ0n) is 14.8. The zero-order valence-corrected chi connectivity index (χ0v) is 15.7. The summed E-state index contributed by atoms with van der Waals surface area (Å²) in [4.78, 5) is 11.6. The Bertz CT molecular complexity index is 936. The van der Waals surface area contributed by atoms with E-state index in [1.54, 1.807) is 13.8 Å². The van der Waals surface area contributed by atoms with E-state index in [0.29, 0.717) is 0 Å². The number of phosphoric ester groups is 1. The van der Waals surface area contributed by atoms with Gasteiger partial charge in [-0.1, -0.05) is 0 Å². The number of hydrogen-bond acceptors (Lipinski definition) is 10. The van der Waals surface area contributed by atoms with Crippen LogP contribution >= 0.6 is 7.82 Å². The third kappa shape index (κ3) is 2.97. The van der Waals surface area contributed by atoms with E-state index in [0.717, 1.165) is 0 Å². The number of aromatic nitrogens is 4. The molecule has 11 nitrogen and oxygen atoms in total. The van der Waals surface area contributed by atoms with Gasteiger partial charge in [0.2, 0.25) is 11.8 Å². The van der Waals surface area contributed by atoms with Crippen LogP contribution in [0.1, 0.15) is 27.0 Å². The van der Waals surface area contributed by atoms with Crippen LogP contribution in [0.25, 0.3) is 11.2 Å². The number of hydrogen-bond donors (Lipinski definition) is 2. The molecule has 2 aromatic heterocycles. The fraction of sp³-hybridized carbons (Fsp3) is 0.643.